The molecule has 3 aromatic rings. The zero-order valence-electron chi connectivity index (χ0n) is 13.1. The lowest BCUT2D eigenvalue weighted by Gasteiger charge is -2.06. The molecule has 0 spiro atoms. The lowest BCUT2D eigenvalue weighted by Crippen LogP contribution is -2.30. The van der Waals surface area contributed by atoms with Crippen LogP contribution in [0.2, 0.25) is 0 Å². The minimum absolute atomic E-state index is 0.0563. The monoisotopic (exact) mass is 375 g/mol. The van der Waals surface area contributed by atoms with Crippen LogP contribution in [-0.2, 0) is 17.8 Å². The molecule has 2 heterocycles. The molecule has 0 fully saturated rings. The Morgan fingerprint density at radius 3 is 2.83 bits per heavy atom. The van der Waals surface area contributed by atoms with Gasteiger partial charge in [-0.15, -0.1) is 0 Å². The molecule has 0 unspecified atom stereocenters. The second-order valence-corrected chi connectivity index (χ2v) is 6.24. The first-order valence-electron chi connectivity index (χ1n) is 7.44. The van der Waals surface area contributed by atoms with Crippen molar-refractivity contribution in [2.24, 2.45) is 0 Å². The van der Waals surface area contributed by atoms with Gasteiger partial charge in [0.1, 0.15) is 12.4 Å². The molecule has 0 atom stereocenters. The van der Waals surface area contributed by atoms with Gasteiger partial charge in [0.15, 0.2) is 0 Å². The highest BCUT2D eigenvalue weighted by molar-refractivity contribution is 9.10. The summed E-state index contributed by atoms with van der Waals surface area (Å²) in [7, 11) is 0. The topological polar surface area (TPSA) is 75.6 Å². The summed E-state index contributed by atoms with van der Waals surface area (Å²) < 4.78 is 2.66. The molecule has 3 rings (SSSR count). The van der Waals surface area contributed by atoms with E-state index in [0.717, 1.165) is 32.7 Å². The number of amides is 1. The molecule has 6 nitrogen and oxygen atoms in total. The van der Waals surface area contributed by atoms with E-state index < -0.39 is 0 Å². The molecular formula is C16H18BrN5O. The second kappa shape index (κ2) is 6.54. The number of nitrogens with one attached hydrogen (secondary N) is 2. The van der Waals surface area contributed by atoms with E-state index in [0.29, 0.717) is 13.0 Å². The van der Waals surface area contributed by atoms with Gasteiger partial charge in [0.25, 0.3) is 0 Å². The molecule has 1 amide bonds. The Balaban J connectivity index is 1.53. The minimum atomic E-state index is -0.0563. The molecular weight excluding hydrogens is 358 g/mol. The maximum Gasteiger partial charge on any atom is 0.241 e. The number of aromatic nitrogens is 4. The zero-order chi connectivity index (χ0) is 16.4. The number of aromatic amines is 1. The average molecular weight is 376 g/mol. The first-order valence-corrected chi connectivity index (χ1v) is 8.23. The van der Waals surface area contributed by atoms with Gasteiger partial charge in [-0.25, -0.2) is 4.98 Å². The Bertz CT molecular complexity index is 818. The SMILES string of the molecule is Cc1nn(CC(=O)NCCc2nc3ccccc3[nH]2)c(C)c1Br. The highest BCUT2D eigenvalue weighted by Crippen LogP contribution is 2.19. The van der Waals surface area contributed by atoms with Crippen molar-refractivity contribution in [2.75, 3.05) is 6.54 Å². The number of halogens is 1. The van der Waals surface area contributed by atoms with Gasteiger partial charge in [-0.3, -0.25) is 9.48 Å². The van der Waals surface area contributed by atoms with Gasteiger partial charge in [-0.05, 0) is 41.9 Å². The average Bonchev–Trinajstić information content (AvgIpc) is 3.04. The molecule has 2 N–H and O–H groups in total. The fourth-order valence-electron chi connectivity index (χ4n) is 2.47. The number of para-hydroxylation sites is 2. The standard InChI is InChI=1S/C16H18BrN5O/c1-10-16(17)11(2)22(21-10)9-15(23)18-8-7-14-19-12-5-3-4-6-13(12)20-14/h3-6H,7-9H2,1-2H3,(H,18,23)(H,19,20). The Kier molecular flexibility index (Phi) is 4.47. The molecule has 0 aliphatic rings. The van der Waals surface area contributed by atoms with Crippen molar-refractivity contribution < 1.29 is 4.79 Å². The predicted molar refractivity (Wildman–Crippen MR) is 92.2 cm³/mol. The number of nitrogens with zero attached hydrogens (tertiary/aromatic N) is 3. The molecule has 0 saturated heterocycles. The third kappa shape index (κ3) is 3.44. The summed E-state index contributed by atoms with van der Waals surface area (Å²) in [6, 6.07) is 7.89. The van der Waals surface area contributed by atoms with Crippen molar-refractivity contribution in [3.05, 3.63) is 46.0 Å². The molecule has 0 radical (unpaired) electrons. The van der Waals surface area contributed by atoms with Crippen LogP contribution in [0, 0.1) is 13.8 Å². The number of aryl methyl sites for hydroxylation is 1. The Labute approximate surface area is 142 Å². The van der Waals surface area contributed by atoms with Crippen molar-refractivity contribution in [2.45, 2.75) is 26.8 Å². The normalized spacial score (nSPS) is 11.1. The minimum Gasteiger partial charge on any atom is -0.354 e. The summed E-state index contributed by atoms with van der Waals surface area (Å²) in [4.78, 5) is 19.8. The number of fused-ring (bicyclic) bond motifs is 1. The van der Waals surface area contributed by atoms with Crippen LogP contribution in [0.3, 0.4) is 0 Å². The van der Waals surface area contributed by atoms with Crippen LogP contribution in [0.1, 0.15) is 17.2 Å². The Morgan fingerprint density at radius 1 is 1.35 bits per heavy atom. The van der Waals surface area contributed by atoms with E-state index in [-0.39, 0.29) is 12.5 Å². The molecule has 0 aliphatic heterocycles. The van der Waals surface area contributed by atoms with Crippen LogP contribution >= 0.6 is 15.9 Å². The Morgan fingerprint density at radius 2 is 2.13 bits per heavy atom. The third-order valence-electron chi connectivity index (χ3n) is 3.71. The second-order valence-electron chi connectivity index (χ2n) is 5.44. The van der Waals surface area contributed by atoms with Gasteiger partial charge >= 0.3 is 0 Å². The lowest BCUT2D eigenvalue weighted by atomic mass is 10.3. The summed E-state index contributed by atoms with van der Waals surface area (Å²) in [5, 5.41) is 7.24. The smallest absolute Gasteiger partial charge is 0.241 e. The summed E-state index contributed by atoms with van der Waals surface area (Å²) in [6.45, 7) is 4.61. The van der Waals surface area contributed by atoms with E-state index >= 15 is 0 Å². The fourth-order valence-corrected chi connectivity index (χ4v) is 2.75. The highest BCUT2D eigenvalue weighted by atomic mass is 79.9. The van der Waals surface area contributed by atoms with Gasteiger partial charge in [0.05, 0.1) is 26.9 Å². The van der Waals surface area contributed by atoms with Gasteiger partial charge in [-0.1, -0.05) is 12.1 Å². The van der Waals surface area contributed by atoms with E-state index in [2.05, 4.69) is 36.3 Å². The number of benzene rings is 1. The van der Waals surface area contributed by atoms with E-state index in [1.807, 2.05) is 38.1 Å². The summed E-state index contributed by atoms with van der Waals surface area (Å²) in [5.74, 6) is 0.819. The van der Waals surface area contributed by atoms with E-state index in [4.69, 9.17) is 0 Å². The van der Waals surface area contributed by atoms with Gasteiger partial charge in [-0.2, -0.15) is 5.10 Å². The van der Waals surface area contributed by atoms with Crippen LogP contribution in [0.25, 0.3) is 11.0 Å². The summed E-state index contributed by atoms with van der Waals surface area (Å²) >= 11 is 3.46. The van der Waals surface area contributed by atoms with E-state index in [9.17, 15) is 4.79 Å². The molecule has 0 bridgehead atoms. The largest absolute Gasteiger partial charge is 0.354 e. The van der Waals surface area contributed by atoms with E-state index in [1.165, 1.54) is 0 Å². The van der Waals surface area contributed by atoms with Crippen LogP contribution in [-0.4, -0.2) is 32.2 Å². The van der Waals surface area contributed by atoms with Gasteiger partial charge < -0.3 is 10.3 Å². The molecule has 2 aromatic heterocycles. The molecule has 120 valence electrons. The van der Waals surface area contributed by atoms with Crippen molar-refractivity contribution in [1.29, 1.82) is 0 Å². The number of carbonyl (C=O) groups is 1. The van der Waals surface area contributed by atoms with Crippen molar-refractivity contribution in [3.63, 3.8) is 0 Å². The summed E-state index contributed by atoms with van der Waals surface area (Å²) in [6.07, 6.45) is 0.668. The van der Waals surface area contributed by atoms with E-state index in [1.54, 1.807) is 4.68 Å². The number of rotatable bonds is 5. The molecule has 0 aliphatic carbocycles. The van der Waals surface area contributed by atoms with Crippen LogP contribution in [0.15, 0.2) is 28.7 Å². The maximum absolute atomic E-state index is 12.0. The molecule has 23 heavy (non-hydrogen) atoms. The van der Waals surface area contributed by atoms with Crippen molar-refractivity contribution in [1.82, 2.24) is 25.1 Å². The zero-order valence-corrected chi connectivity index (χ0v) is 14.6. The molecule has 7 heteroatoms. The number of H-pyrrole nitrogens is 1. The number of hydrogen-bond acceptors (Lipinski definition) is 3. The van der Waals surface area contributed by atoms with Gasteiger partial charge in [0.2, 0.25) is 5.91 Å². The van der Waals surface area contributed by atoms with Crippen LogP contribution in [0.5, 0.6) is 0 Å². The first kappa shape index (κ1) is 15.7. The lowest BCUT2D eigenvalue weighted by molar-refractivity contribution is -0.121. The van der Waals surface area contributed by atoms with Crippen LogP contribution in [0.4, 0.5) is 0 Å². The number of hydrogen-bond donors (Lipinski definition) is 2. The third-order valence-corrected chi connectivity index (χ3v) is 4.86. The first-order chi connectivity index (χ1) is 11.0. The molecule has 1 aromatic carbocycles. The predicted octanol–water partition coefficient (Wildman–Crippen LogP) is 2.50. The highest BCUT2D eigenvalue weighted by Gasteiger charge is 2.11. The van der Waals surface area contributed by atoms with Crippen molar-refractivity contribution >= 4 is 32.9 Å². The quantitative estimate of drug-likeness (QED) is 0.719. The fraction of sp³-hybridized carbons (Fsp3) is 0.312. The summed E-state index contributed by atoms with van der Waals surface area (Å²) in [5.41, 5.74) is 3.80. The Hall–Kier alpha value is -2.15. The van der Waals surface area contributed by atoms with Gasteiger partial charge in [0, 0.05) is 13.0 Å². The number of imidazole rings is 1. The van der Waals surface area contributed by atoms with Crippen molar-refractivity contribution in [3.8, 4) is 0 Å². The number of carbonyl (C=O) groups excluding carboxylic acids is 1. The van der Waals surface area contributed by atoms with Crippen LogP contribution < -0.4 is 5.32 Å². The molecule has 0 saturated carbocycles. The maximum atomic E-state index is 12.0.